The summed E-state index contributed by atoms with van der Waals surface area (Å²) in [5.41, 5.74) is 2.37. The van der Waals surface area contributed by atoms with Gasteiger partial charge >= 0.3 is 6.09 Å². The molecule has 2 fully saturated rings. The lowest BCUT2D eigenvalue weighted by Crippen LogP contribution is -2.54. The van der Waals surface area contributed by atoms with Crippen molar-refractivity contribution in [3.05, 3.63) is 42.7 Å². The smallest absolute Gasteiger partial charge is 0.419 e. The van der Waals surface area contributed by atoms with Gasteiger partial charge in [-0.25, -0.2) is 4.79 Å². The maximum atomic E-state index is 12.2. The van der Waals surface area contributed by atoms with E-state index in [0.29, 0.717) is 17.9 Å². The molecule has 4 atom stereocenters. The normalized spacial score (nSPS) is 34.0. The van der Waals surface area contributed by atoms with E-state index in [1.54, 1.807) is 0 Å². The maximum Gasteiger partial charge on any atom is 0.419 e. The summed E-state index contributed by atoms with van der Waals surface area (Å²) in [6.45, 7) is 3.49. The van der Waals surface area contributed by atoms with Crippen LogP contribution in [-0.4, -0.2) is 12.1 Å². The van der Waals surface area contributed by atoms with Crippen molar-refractivity contribution in [2.75, 3.05) is 4.90 Å². The minimum atomic E-state index is -0.277. The molecule has 1 aliphatic heterocycles. The van der Waals surface area contributed by atoms with Gasteiger partial charge in [0.2, 0.25) is 0 Å². The summed E-state index contributed by atoms with van der Waals surface area (Å²) >= 11 is 0. The Morgan fingerprint density at radius 3 is 2.95 bits per heavy atom. The van der Waals surface area contributed by atoms with Crippen LogP contribution in [0, 0.1) is 11.8 Å². The van der Waals surface area contributed by atoms with Crippen LogP contribution in [0.2, 0.25) is 0 Å². The molecule has 2 aliphatic carbocycles. The molecule has 4 rings (SSSR count). The highest BCUT2D eigenvalue weighted by Gasteiger charge is 2.60. The van der Waals surface area contributed by atoms with E-state index in [2.05, 4.69) is 18.7 Å². The van der Waals surface area contributed by atoms with Crippen LogP contribution in [0.1, 0.15) is 30.7 Å². The fraction of sp³-hybridized carbons (Fsp3) is 0.438. The molecule has 1 heterocycles. The number of rotatable bonds is 1. The first-order valence-corrected chi connectivity index (χ1v) is 7.02. The summed E-state index contributed by atoms with van der Waals surface area (Å²) in [7, 11) is 0. The predicted octanol–water partition coefficient (Wildman–Crippen LogP) is 3.67. The second kappa shape index (κ2) is 3.86. The lowest BCUT2D eigenvalue weighted by Gasteiger charge is -2.47. The Morgan fingerprint density at radius 2 is 2.11 bits per heavy atom. The molecule has 3 aliphatic rings. The summed E-state index contributed by atoms with van der Waals surface area (Å²) in [5, 5.41) is 0. The SMILES string of the molecule is C=COC(=O)N1c2ccccc2[C@@H]2[C@@H]3CCC[C@@H]3[C@@H]21. The molecule has 0 N–H and O–H groups in total. The van der Waals surface area contributed by atoms with Crippen LogP contribution in [0.15, 0.2) is 37.1 Å². The van der Waals surface area contributed by atoms with E-state index in [9.17, 15) is 4.79 Å². The first-order valence-electron chi connectivity index (χ1n) is 7.02. The van der Waals surface area contributed by atoms with Crippen LogP contribution < -0.4 is 4.90 Å². The number of carbonyl (C=O) groups is 1. The van der Waals surface area contributed by atoms with E-state index in [-0.39, 0.29) is 6.09 Å². The third-order valence-electron chi connectivity index (χ3n) is 5.13. The van der Waals surface area contributed by atoms with E-state index in [1.165, 1.54) is 31.1 Å². The maximum absolute atomic E-state index is 12.2. The van der Waals surface area contributed by atoms with Gasteiger partial charge in [0.25, 0.3) is 0 Å². The Bertz CT molecular complexity index is 553. The van der Waals surface area contributed by atoms with Gasteiger partial charge in [0, 0.05) is 5.92 Å². The summed E-state index contributed by atoms with van der Waals surface area (Å²) in [5.74, 6) is 1.96. The molecule has 1 aromatic carbocycles. The number of para-hydroxylation sites is 1. The van der Waals surface area contributed by atoms with Crippen molar-refractivity contribution in [3.8, 4) is 0 Å². The fourth-order valence-electron chi connectivity index (χ4n) is 4.53. The molecule has 0 bridgehead atoms. The molecule has 0 saturated heterocycles. The van der Waals surface area contributed by atoms with Gasteiger partial charge in [-0.1, -0.05) is 31.2 Å². The first-order chi connectivity index (χ1) is 9.33. The first kappa shape index (κ1) is 11.1. The highest BCUT2D eigenvalue weighted by atomic mass is 16.5. The highest BCUT2D eigenvalue weighted by molar-refractivity contribution is 5.93. The Kier molecular flexibility index (Phi) is 2.25. The zero-order valence-electron chi connectivity index (χ0n) is 10.8. The van der Waals surface area contributed by atoms with Gasteiger partial charge in [-0.2, -0.15) is 0 Å². The van der Waals surface area contributed by atoms with Gasteiger partial charge in [0.05, 0.1) is 18.0 Å². The molecule has 0 aromatic heterocycles. The minimum Gasteiger partial charge on any atom is -0.419 e. The zero-order chi connectivity index (χ0) is 13.0. The van der Waals surface area contributed by atoms with Crippen molar-refractivity contribution in [2.24, 2.45) is 11.8 Å². The standard InChI is InChI=1S/C16H17NO2/c1-2-19-16(18)17-13-9-4-3-6-12(13)14-10-7-5-8-11(10)15(14)17/h2-4,6,9-11,14-15H,1,5,7-8H2/t10-,11+,14+,15+/m1/s1. The fourth-order valence-corrected chi connectivity index (χ4v) is 4.53. The van der Waals surface area contributed by atoms with Gasteiger partial charge in [-0.3, -0.25) is 4.90 Å². The highest BCUT2D eigenvalue weighted by Crippen LogP contribution is 2.63. The molecular weight excluding hydrogens is 238 g/mol. The van der Waals surface area contributed by atoms with Gasteiger partial charge < -0.3 is 4.74 Å². The second-order valence-corrected chi connectivity index (χ2v) is 5.75. The van der Waals surface area contributed by atoms with Crippen LogP contribution in [0.3, 0.4) is 0 Å². The predicted molar refractivity (Wildman–Crippen MR) is 73.0 cm³/mol. The average molecular weight is 255 g/mol. The number of carbonyl (C=O) groups excluding carboxylic acids is 1. The molecule has 2 saturated carbocycles. The summed E-state index contributed by atoms with van der Waals surface area (Å²) in [6.07, 6.45) is 4.81. The molecule has 98 valence electrons. The Morgan fingerprint density at radius 1 is 1.32 bits per heavy atom. The lowest BCUT2D eigenvalue weighted by molar-refractivity contribution is 0.123. The van der Waals surface area contributed by atoms with Gasteiger partial charge in [0.15, 0.2) is 0 Å². The van der Waals surface area contributed by atoms with Crippen molar-refractivity contribution in [1.29, 1.82) is 0 Å². The van der Waals surface area contributed by atoms with Crippen molar-refractivity contribution in [3.63, 3.8) is 0 Å². The number of ether oxygens (including phenoxy) is 1. The molecule has 1 aromatic rings. The molecule has 19 heavy (non-hydrogen) atoms. The molecule has 0 unspecified atom stereocenters. The van der Waals surface area contributed by atoms with Crippen molar-refractivity contribution < 1.29 is 9.53 Å². The average Bonchev–Trinajstić information content (AvgIpc) is 2.92. The van der Waals surface area contributed by atoms with Crippen LogP contribution in [0.4, 0.5) is 10.5 Å². The summed E-state index contributed by atoms with van der Waals surface area (Å²) in [4.78, 5) is 14.1. The number of hydrogen-bond acceptors (Lipinski definition) is 2. The number of hydrogen-bond donors (Lipinski definition) is 0. The van der Waals surface area contributed by atoms with Crippen LogP contribution in [0.5, 0.6) is 0 Å². The van der Waals surface area contributed by atoms with E-state index in [0.717, 1.165) is 11.6 Å². The van der Waals surface area contributed by atoms with E-state index in [1.807, 2.05) is 17.0 Å². The number of nitrogens with zero attached hydrogens (tertiary/aromatic N) is 1. The Balaban J connectivity index is 1.77. The number of benzene rings is 1. The van der Waals surface area contributed by atoms with Crippen LogP contribution >= 0.6 is 0 Å². The van der Waals surface area contributed by atoms with Gasteiger partial charge in [-0.15, -0.1) is 0 Å². The number of fused-ring (bicyclic) bond motifs is 6. The summed E-state index contributed by atoms with van der Waals surface area (Å²) < 4.78 is 5.03. The van der Waals surface area contributed by atoms with E-state index < -0.39 is 0 Å². The quantitative estimate of drug-likeness (QED) is 0.716. The molecule has 3 nitrogen and oxygen atoms in total. The Hall–Kier alpha value is -1.77. The molecule has 1 amide bonds. The number of anilines is 1. The van der Waals surface area contributed by atoms with Crippen molar-refractivity contribution >= 4 is 11.8 Å². The largest absolute Gasteiger partial charge is 0.419 e. The number of amides is 1. The molecule has 3 heteroatoms. The molecule has 0 radical (unpaired) electrons. The van der Waals surface area contributed by atoms with Crippen molar-refractivity contribution in [1.82, 2.24) is 0 Å². The third-order valence-corrected chi connectivity index (χ3v) is 5.13. The summed E-state index contributed by atoms with van der Waals surface area (Å²) in [6, 6.07) is 8.59. The van der Waals surface area contributed by atoms with Crippen LogP contribution in [-0.2, 0) is 4.74 Å². The second-order valence-electron chi connectivity index (χ2n) is 5.75. The topological polar surface area (TPSA) is 29.5 Å². The molecule has 0 spiro atoms. The van der Waals surface area contributed by atoms with E-state index in [4.69, 9.17) is 4.74 Å². The van der Waals surface area contributed by atoms with E-state index >= 15 is 0 Å². The Labute approximate surface area is 112 Å². The molecular formula is C16H17NO2. The van der Waals surface area contributed by atoms with Crippen LogP contribution in [0.25, 0.3) is 0 Å². The monoisotopic (exact) mass is 255 g/mol. The minimum absolute atomic E-state index is 0.277. The zero-order valence-corrected chi connectivity index (χ0v) is 10.8. The van der Waals surface area contributed by atoms with Crippen molar-refractivity contribution in [2.45, 2.75) is 31.2 Å². The van der Waals surface area contributed by atoms with Gasteiger partial charge in [0.1, 0.15) is 0 Å². The lowest BCUT2D eigenvalue weighted by atomic mass is 9.61. The third kappa shape index (κ3) is 1.30. The van der Waals surface area contributed by atoms with Gasteiger partial charge in [-0.05, 0) is 36.3 Å².